The highest BCUT2D eigenvalue weighted by molar-refractivity contribution is 7.94. The van der Waals surface area contributed by atoms with E-state index in [1.54, 1.807) is 35.9 Å². The molecule has 1 N–H and O–H groups in total. The molecule has 1 unspecified atom stereocenters. The normalized spacial score (nSPS) is 19.1. The fourth-order valence-electron chi connectivity index (χ4n) is 5.12. The summed E-state index contributed by atoms with van der Waals surface area (Å²) in [5.41, 5.74) is 2.32. The van der Waals surface area contributed by atoms with Gasteiger partial charge in [0.15, 0.2) is 0 Å². The molecule has 0 bridgehead atoms. The van der Waals surface area contributed by atoms with E-state index in [4.69, 9.17) is 9.72 Å². The predicted octanol–water partition coefficient (Wildman–Crippen LogP) is 5.11. The lowest BCUT2D eigenvalue weighted by molar-refractivity contribution is 0.0491. The van der Waals surface area contributed by atoms with Crippen LogP contribution in [-0.2, 0) is 21.3 Å². The van der Waals surface area contributed by atoms with Crippen molar-refractivity contribution >= 4 is 49.3 Å². The van der Waals surface area contributed by atoms with Gasteiger partial charge in [0.1, 0.15) is 9.22 Å². The van der Waals surface area contributed by atoms with Gasteiger partial charge in [-0.15, -0.1) is 22.7 Å². The molecule has 38 heavy (non-hydrogen) atoms. The van der Waals surface area contributed by atoms with Crippen molar-refractivity contribution < 1.29 is 13.2 Å². The van der Waals surface area contributed by atoms with Crippen LogP contribution in [0.1, 0.15) is 25.1 Å². The number of sulfonamides is 1. The van der Waals surface area contributed by atoms with E-state index in [1.807, 2.05) is 24.4 Å². The van der Waals surface area contributed by atoms with Crippen molar-refractivity contribution in [3.05, 3.63) is 52.9 Å². The van der Waals surface area contributed by atoms with Crippen LogP contribution in [0.2, 0.25) is 0 Å². The van der Waals surface area contributed by atoms with Crippen LogP contribution >= 0.6 is 22.7 Å². The highest BCUT2D eigenvalue weighted by Gasteiger charge is 2.25. The molecule has 8 nitrogen and oxygen atoms in total. The van der Waals surface area contributed by atoms with E-state index >= 15 is 0 Å². The number of nitrogens with zero attached hydrogens (tertiary/aromatic N) is 4. The number of anilines is 1. The number of hydrogen-bond donors (Lipinski definition) is 1. The molecule has 2 fully saturated rings. The minimum absolute atomic E-state index is 0. The summed E-state index contributed by atoms with van der Waals surface area (Å²) in [4.78, 5) is 14.4. The van der Waals surface area contributed by atoms with E-state index in [-0.39, 0.29) is 7.43 Å². The topological polar surface area (TPSA) is 81.8 Å². The van der Waals surface area contributed by atoms with Crippen LogP contribution in [0, 0.1) is 0 Å². The summed E-state index contributed by atoms with van der Waals surface area (Å²) >= 11 is 2.92. The molecule has 1 aromatic carbocycles. The van der Waals surface area contributed by atoms with E-state index in [9.17, 15) is 8.42 Å². The quantitative estimate of drug-likeness (QED) is 0.316. The number of piperazine rings is 1. The van der Waals surface area contributed by atoms with Crippen LogP contribution in [0.4, 0.5) is 5.69 Å². The number of aromatic nitrogens is 2. The van der Waals surface area contributed by atoms with Gasteiger partial charge >= 0.3 is 0 Å². The summed E-state index contributed by atoms with van der Waals surface area (Å²) in [5, 5.41) is 3.65. The number of hydrogen-bond acceptors (Lipinski definition) is 8. The number of H-pyrrole nitrogens is 1. The van der Waals surface area contributed by atoms with Crippen molar-refractivity contribution in [1.29, 1.82) is 0 Å². The molecule has 2 saturated heterocycles. The number of aromatic amines is 1. The standard InChI is InChI=1S/C26H31N5O3S3.CH4/c1-29(37(32,33)24-8-4-14-35-24)23-7-2-5-19-15-22(28-25(19)23)26-27-16-21(36-26)18-31-11-9-30(10-12-31)17-20-6-3-13-34-20;/h2,4-5,7-8,14-16,20,28H,3,6,9-13,17-18H2,1H3;1H4. The maximum atomic E-state index is 13.1. The fourth-order valence-corrected chi connectivity index (χ4v) is 8.42. The first-order chi connectivity index (χ1) is 18.0. The Kier molecular flexibility index (Phi) is 8.22. The molecule has 0 aliphatic carbocycles. The summed E-state index contributed by atoms with van der Waals surface area (Å²) in [5.74, 6) is 0. The van der Waals surface area contributed by atoms with Gasteiger partial charge in [0.05, 0.1) is 23.0 Å². The minimum Gasteiger partial charge on any atom is -0.377 e. The van der Waals surface area contributed by atoms with Crippen molar-refractivity contribution in [2.45, 2.75) is 37.1 Å². The molecule has 204 valence electrons. The molecular formula is C27H35N5O3S3. The van der Waals surface area contributed by atoms with Gasteiger partial charge in [-0.3, -0.25) is 14.1 Å². The number of rotatable bonds is 8. The average Bonchev–Trinajstić information content (AvgIpc) is 3.71. The lowest BCUT2D eigenvalue weighted by Gasteiger charge is -2.35. The Balaban J connectivity index is 0.00000294. The largest absolute Gasteiger partial charge is 0.377 e. The van der Waals surface area contributed by atoms with Crippen LogP contribution < -0.4 is 4.31 Å². The second kappa shape index (κ2) is 11.4. The summed E-state index contributed by atoms with van der Waals surface area (Å²) in [6.07, 6.45) is 4.78. The van der Waals surface area contributed by atoms with Crippen molar-refractivity contribution in [3.8, 4) is 10.7 Å². The summed E-state index contributed by atoms with van der Waals surface area (Å²) in [6.45, 7) is 7.16. The van der Waals surface area contributed by atoms with Crippen LogP contribution in [0.5, 0.6) is 0 Å². The maximum Gasteiger partial charge on any atom is 0.273 e. The molecule has 0 saturated carbocycles. The highest BCUT2D eigenvalue weighted by atomic mass is 32.2. The Hall–Kier alpha value is -2.28. The molecule has 1 atom stereocenters. The Morgan fingerprint density at radius 2 is 1.97 bits per heavy atom. The SMILES string of the molecule is C.CN(c1cccc2cc(-c3ncc(CN4CCN(CC5CCCO5)CC4)s3)[nH]c12)S(=O)(=O)c1cccs1. The monoisotopic (exact) mass is 573 g/mol. The first-order valence-electron chi connectivity index (χ1n) is 12.6. The molecule has 2 aliphatic heterocycles. The van der Waals surface area contributed by atoms with Crippen molar-refractivity contribution in [3.63, 3.8) is 0 Å². The molecule has 0 spiro atoms. The van der Waals surface area contributed by atoms with Gasteiger partial charge in [-0.2, -0.15) is 0 Å². The third-order valence-electron chi connectivity index (χ3n) is 7.20. The molecule has 3 aromatic heterocycles. The Morgan fingerprint density at radius 3 is 2.71 bits per heavy atom. The van der Waals surface area contributed by atoms with Gasteiger partial charge < -0.3 is 9.72 Å². The number of thiophene rings is 1. The van der Waals surface area contributed by atoms with Crippen LogP contribution in [0.3, 0.4) is 0 Å². The Bertz CT molecular complexity index is 1450. The van der Waals surface area contributed by atoms with E-state index in [2.05, 4.69) is 20.9 Å². The van der Waals surface area contributed by atoms with Gasteiger partial charge in [0, 0.05) is 69.4 Å². The first kappa shape index (κ1) is 27.3. The number of nitrogens with one attached hydrogen (secondary N) is 1. The van der Waals surface area contributed by atoms with Gasteiger partial charge in [-0.05, 0) is 36.4 Å². The smallest absolute Gasteiger partial charge is 0.273 e. The number of ether oxygens (including phenoxy) is 1. The number of benzene rings is 1. The van der Waals surface area contributed by atoms with Crippen LogP contribution in [0.15, 0.2) is 52.2 Å². The van der Waals surface area contributed by atoms with Gasteiger partial charge in [-0.1, -0.05) is 25.6 Å². The van der Waals surface area contributed by atoms with Crippen molar-refractivity contribution in [1.82, 2.24) is 19.8 Å². The molecule has 5 heterocycles. The van der Waals surface area contributed by atoms with Gasteiger partial charge in [0.2, 0.25) is 0 Å². The molecule has 4 aromatic rings. The average molecular weight is 574 g/mol. The number of para-hydroxylation sites is 1. The van der Waals surface area contributed by atoms with Gasteiger partial charge in [-0.25, -0.2) is 13.4 Å². The molecule has 0 radical (unpaired) electrons. The van der Waals surface area contributed by atoms with Crippen molar-refractivity contribution in [2.75, 3.05) is 50.7 Å². The van der Waals surface area contributed by atoms with Crippen LogP contribution in [-0.4, -0.2) is 80.7 Å². The summed E-state index contributed by atoms with van der Waals surface area (Å²) < 4.78 is 33.7. The lowest BCUT2D eigenvalue weighted by Crippen LogP contribution is -2.47. The summed E-state index contributed by atoms with van der Waals surface area (Å²) in [6, 6.07) is 11.2. The second-order valence-electron chi connectivity index (χ2n) is 9.67. The van der Waals surface area contributed by atoms with Crippen molar-refractivity contribution in [2.24, 2.45) is 0 Å². The van der Waals surface area contributed by atoms with E-state index in [0.717, 1.165) is 67.5 Å². The Morgan fingerprint density at radius 1 is 1.16 bits per heavy atom. The number of fused-ring (bicyclic) bond motifs is 1. The maximum absolute atomic E-state index is 13.1. The summed E-state index contributed by atoms with van der Waals surface area (Å²) in [7, 11) is -2.01. The molecular weight excluding hydrogens is 539 g/mol. The van der Waals surface area contributed by atoms with Crippen LogP contribution in [0.25, 0.3) is 21.6 Å². The predicted molar refractivity (Wildman–Crippen MR) is 157 cm³/mol. The fraction of sp³-hybridized carbons (Fsp3) is 0.444. The second-order valence-corrected chi connectivity index (χ2v) is 13.9. The van der Waals surface area contributed by atoms with E-state index in [0.29, 0.717) is 16.0 Å². The zero-order valence-corrected chi connectivity index (χ0v) is 23.2. The molecule has 2 aliphatic rings. The minimum atomic E-state index is -3.62. The zero-order valence-electron chi connectivity index (χ0n) is 20.8. The molecule has 6 rings (SSSR count). The zero-order chi connectivity index (χ0) is 25.4. The third kappa shape index (κ3) is 5.54. The van der Waals surface area contributed by atoms with E-state index in [1.165, 1.54) is 33.4 Å². The lowest BCUT2D eigenvalue weighted by atomic mass is 10.2. The number of thiazole rings is 1. The molecule has 11 heteroatoms. The first-order valence-corrected chi connectivity index (χ1v) is 15.8. The Labute approximate surface area is 232 Å². The highest BCUT2D eigenvalue weighted by Crippen LogP contribution is 2.35. The van der Waals surface area contributed by atoms with E-state index < -0.39 is 10.0 Å². The van der Waals surface area contributed by atoms with Gasteiger partial charge in [0.25, 0.3) is 10.0 Å². The molecule has 0 amide bonds. The third-order valence-corrected chi connectivity index (χ3v) is 11.4.